The number of nitrogens with one attached hydrogen (secondary N) is 1. The van der Waals surface area contributed by atoms with Crippen molar-refractivity contribution in [3.05, 3.63) is 0 Å². The number of aliphatic hydroxyl groups excluding tert-OH is 1. The summed E-state index contributed by atoms with van der Waals surface area (Å²) in [4.78, 5) is 23.4. The number of amides is 1. The molecule has 2 aliphatic rings. The summed E-state index contributed by atoms with van der Waals surface area (Å²) in [5, 5.41) is 12.7. The molecular weight excluding hydrogens is 210 g/mol. The van der Waals surface area contributed by atoms with Crippen LogP contribution in [0.5, 0.6) is 0 Å². The normalized spacial score (nSPS) is 37.5. The van der Waals surface area contributed by atoms with Crippen molar-refractivity contribution in [3.63, 3.8) is 0 Å². The number of carbonyl (C=O) groups is 2. The number of carbonyl (C=O) groups excluding carboxylic acids is 2. The van der Waals surface area contributed by atoms with Crippen molar-refractivity contribution in [3.8, 4) is 0 Å². The van der Waals surface area contributed by atoms with Crippen molar-refractivity contribution in [1.29, 1.82) is 0 Å². The fourth-order valence-electron chi connectivity index (χ4n) is 2.52. The van der Waals surface area contributed by atoms with Crippen LogP contribution in [-0.2, 0) is 14.3 Å². The third-order valence-corrected chi connectivity index (χ3v) is 3.64. The molecule has 2 rings (SSSR count). The fourth-order valence-corrected chi connectivity index (χ4v) is 2.52. The van der Waals surface area contributed by atoms with Gasteiger partial charge in [-0.15, -0.1) is 0 Å². The molecule has 0 spiro atoms. The summed E-state index contributed by atoms with van der Waals surface area (Å²) in [6.45, 7) is 7.04. The molecule has 16 heavy (non-hydrogen) atoms. The molecule has 5 heteroatoms. The van der Waals surface area contributed by atoms with Crippen LogP contribution in [-0.4, -0.2) is 34.7 Å². The lowest BCUT2D eigenvalue weighted by molar-refractivity contribution is -0.213. The van der Waals surface area contributed by atoms with E-state index in [2.05, 4.69) is 5.32 Å². The number of rotatable bonds is 2. The van der Waals surface area contributed by atoms with Crippen molar-refractivity contribution in [1.82, 2.24) is 5.32 Å². The van der Waals surface area contributed by atoms with Crippen molar-refractivity contribution < 1.29 is 19.4 Å². The average molecular weight is 227 g/mol. The third kappa shape index (κ3) is 1.04. The van der Waals surface area contributed by atoms with E-state index in [4.69, 9.17) is 4.74 Å². The predicted octanol–water partition coefficient (Wildman–Crippen LogP) is -0.177. The number of hydrogen-bond donors (Lipinski definition) is 2. The van der Waals surface area contributed by atoms with E-state index in [1.165, 1.54) is 0 Å². The van der Waals surface area contributed by atoms with Crippen molar-refractivity contribution in [2.45, 2.75) is 45.4 Å². The molecule has 3 atom stereocenters. The summed E-state index contributed by atoms with van der Waals surface area (Å²) < 4.78 is 5.04. The van der Waals surface area contributed by atoms with Gasteiger partial charge in [0.25, 0.3) is 0 Å². The average Bonchev–Trinajstić information content (AvgIpc) is 2.34. The quantitative estimate of drug-likeness (QED) is 0.642. The Kier molecular flexibility index (Phi) is 2.11. The number of esters is 1. The molecule has 2 saturated heterocycles. The second-order valence-electron chi connectivity index (χ2n) is 5.52. The molecule has 0 unspecified atom stereocenters. The molecule has 2 N–H and O–H groups in total. The minimum atomic E-state index is -1.23. The first-order valence-corrected chi connectivity index (χ1v) is 5.46. The summed E-state index contributed by atoms with van der Waals surface area (Å²) in [5.74, 6) is -0.898. The minimum absolute atomic E-state index is 0.121. The van der Waals surface area contributed by atoms with Gasteiger partial charge in [0.15, 0.2) is 6.10 Å². The van der Waals surface area contributed by atoms with Gasteiger partial charge in [0.2, 0.25) is 11.4 Å². The minimum Gasteiger partial charge on any atom is -0.456 e. The zero-order valence-electron chi connectivity index (χ0n) is 9.90. The van der Waals surface area contributed by atoms with E-state index in [9.17, 15) is 14.7 Å². The zero-order chi connectivity index (χ0) is 12.3. The zero-order valence-corrected chi connectivity index (χ0v) is 9.90. The molecule has 90 valence electrons. The van der Waals surface area contributed by atoms with E-state index < -0.39 is 29.1 Å². The molecule has 5 nitrogen and oxygen atoms in total. The highest BCUT2D eigenvalue weighted by molar-refractivity contribution is 6.01. The van der Waals surface area contributed by atoms with Gasteiger partial charge in [0.1, 0.15) is 0 Å². The summed E-state index contributed by atoms with van der Waals surface area (Å²) in [6.07, 6.45) is -1.48. The molecular formula is C11H17NO4. The fraction of sp³-hybridized carbons (Fsp3) is 0.818. The van der Waals surface area contributed by atoms with Gasteiger partial charge >= 0.3 is 5.97 Å². The monoisotopic (exact) mass is 227 g/mol. The van der Waals surface area contributed by atoms with Crippen LogP contribution in [0.1, 0.15) is 27.7 Å². The topological polar surface area (TPSA) is 75.6 Å². The van der Waals surface area contributed by atoms with Gasteiger partial charge in [-0.3, -0.25) is 4.79 Å². The van der Waals surface area contributed by atoms with Gasteiger partial charge in [-0.2, -0.15) is 0 Å². The van der Waals surface area contributed by atoms with Crippen LogP contribution in [0.2, 0.25) is 0 Å². The van der Waals surface area contributed by atoms with Crippen LogP contribution in [0.25, 0.3) is 0 Å². The maximum absolute atomic E-state index is 11.8. The van der Waals surface area contributed by atoms with Gasteiger partial charge < -0.3 is 15.2 Å². The molecule has 0 saturated carbocycles. The lowest BCUT2D eigenvalue weighted by Gasteiger charge is -2.48. The lowest BCUT2D eigenvalue weighted by atomic mass is 9.71. The van der Waals surface area contributed by atoms with Crippen LogP contribution < -0.4 is 5.32 Å². The van der Waals surface area contributed by atoms with E-state index in [0.717, 1.165) is 0 Å². The van der Waals surface area contributed by atoms with Crippen LogP contribution in [0.15, 0.2) is 0 Å². The molecule has 0 aromatic heterocycles. The second-order valence-corrected chi connectivity index (χ2v) is 5.52. The Hall–Kier alpha value is -1.10. The standard InChI is InChI=1S/C11H17NO4/c1-5(2)6(13)11-7(16-9(11)15)10(3,4)8(14)12-11/h5-7,13H,1-4H3,(H,12,14)/t6-,7+,11-/m1/s1. The largest absolute Gasteiger partial charge is 0.456 e. The molecule has 1 amide bonds. The van der Waals surface area contributed by atoms with E-state index in [1.54, 1.807) is 27.7 Å². The first-order valence-electron chi connectivity index (χ1n) is 5.46. The van der Waals surface area contributed by atoms with Crippen LogP contribution in [0.3, 0.4) is 0 Å². The summed E-state index contributed by atoms with van der Waals surface area (Å²) in [7, 11) is 0. The smallest absolute Gasteiger partial charge is 0.339 e. The van der Waals surface area contributed by atoms with Crippen molar-refractivity contribution >= 4 is 11.9 Å². The Morgan fingerprint density at radius 2 is 1.94 bits per heavy atom. The van der Waals surface area contributed by atoms with Crippen LogP contribution in [0.4, 0.5) is 0 Å². The highest BCUT2D eigenvalue weighted by Gasteiger charge is 2.74. The highest BCUT2D eigenvalue weighted by Crippen LogP contribution is 2.48. The number of fused-ring (bicyclic) bond motifs is 1. The van der Waals surface area contributed by atoms with Crippen LogP contribution >= 0.6 is 0 Å². The molecule has 0 aromatic carbocycles. The lowest BCUT2D eigenvalue weighted by Crippen LogP contribution is -2.74. The molecule has 0 aromatic rings. The Morgan fingerprint density at radius 1 is 1.38 bits per heavy atom. The Labute approximate surface area is 94.2 Å². The molecule has 2 aliphatic heterocycles. The van der Waals surface area contributed by atoms with Crippen molar-refractivity contribution in [2.75, 3.05) is 0 Å². The van der Waals surface area contributed by atoms with E-state index in [1.807, 2.05) is 0 Å². The number of ether oxygens (including phenoxy) is 1. The maximum Gasteiger partial charge on any atom is 0.339 e. The van der Waals surface area contributed by atoms with Crippen molar-refractivity contribution in [2.24, 2.45) is 11.3 Å². The summed E-state index contributed by atoms with van der Waals surface area (Å²) >= 11 is 0. The first-order chi connectivity index (χ1) is 7.24. The maximum atomic E-state index is 11.8. The van der Waals surface area contributed by atoms with Gasteiger partial charge in [0, 0.05) is 0 Å². The second kappa shape index (κ2) is 2.97. The molecule has 2 heterocycles. The van der Waals surface area contributed by atoms with E-state index in [-0.39, 0.29) is 11.8 Å². The van der Waals surface area contributed by atoms with E-state index in [0.29, 0.717) is 0 Å². The Bertz CT molecular complexity index is 363. The Balaban J connectivity index is 2.40. The van der Waals surface area contributed by atoms with E-state index >= 15 is 0 Å². The van der Waals surface area contributed by atoms with Gasteiger partial charge in [-0.1, -0.05) is 13.8 Å². The van der Waals surface area contributed by atoms with Gasteiger partial charge in [0.05, 0.1) is 11.5 Å². The Morgan fingerprint density at radius 3 is 2.31 bits per heavy atom. The number of aliphatic hydroxyl groups is 1. The first kappa shape index (κ1) is 11.4. The highest BCUT2D eigenvalue weighted by atomic mass is 16.6. The molecule has 0 radical (unpaired) electrons. The summed E-state index contributed by atoms with van der Waals surface area (Å²) in [6, 6.07) is 0. The molecule has 0 bridgehead atoms. The van der Waals surface area contributed by atoms with Gasteiger partial charge in [-0.25, -0.2) is 4.79 Å². The molecule has 0 aliphatic carbocycles. The van der Waals surface area contributed by atoms with Gasteiger partial charge in [-0.05, 0) is 19.8 Å². The van der Waals surface area contributed by atoms with Crippen LogP contribution in [0, 0.1) is 11.3 Å². The summed E-state index contributed by atoms with van der Waals surface area (Å²) in [5.41, 5.74) is -2.00. The predicted molar refractivity (Wildman–Crippen MR) is 55.4 cm³/mol. The SMILES string of the molecule is CC(C)[C@@H](O)[C@@]12NC(=O)C(C)(C)[C@@H]1OC2=O. The molecule has 2 fully saturated rings. The third-order valence-electron chi connectivity index (χ3n) is 3.64. The number of hydrogen-bond acceptors (Lipinski definition) is 4.